The van der Waals surface area contributed by atoms with E-state index in [4.69, 9.17) is 10.5 Å². The summed E-state index contributed by atoms with van der Waals surface area (Å²) in [7, 11) is 0. The molecular weight excluding hydrogens is 154 g/mol. The van der Waals surface area contributed by atoms with Crippen LogP contribution in [-0.2, 0) is 9.53 Å². The second-order valence-corrected chi connectivity index (χ2v) is 3.01. The summed E-state index contributed by atoms with van der Waals surface area (Å²) in [4.78, 5) is 11.0. The zero-order valence-corrected chi connectivity index (χ0v) is 8.01. The lowest BCUT2D eigenvalue weighted by molar-refractivity contribution is -0.147. The third kappa shape index (κ3) is 5.13. The Labute approximate surface area is 74.3 Å². The van der Waals surface area contributed by atoms with Crippen molar-refractivity contribution in [2.45, 2.75) is 33.1 Å². The van der Waals surface area contributed by atoms with Gasteiger partial charge in [0.05, 0.1) is 12.5 Å². The van der Waals surface area contributed by atoms with Gasteiger partial charge in [-0.2, -0.15) is 0 Å². The molecule has 0 bridgehead atoms. The van der Waals surface area contributed by atoms with E-state index in [-0.39, 0.29) is 11.9 Å². The van der Waals surface area contributed by atoms with Gasteiger partial charge in [-0.3, -0.25) is 4.79 Å². The zero-order valence-electron chi connectivity index (χ0n) is 8.01. The smallest absolute Gasteiger partial charge is 0.309 e. The molecule has 0 heterocycles. The standard InChI is InChI=1S/C9H19NO2/c1-3-4-5-6-12-9(11)8(2)7-10/h8H,3-7,10H2,1-2H3. The average molecular weight is 173 g/mol. The molecule has 0 saturated carbocycles. The Balaban J connectivity index is 3.31. The van der Waals surface area contributed by atoms with Crippen LogP contribution in [0, 0.1) is 5.92 Å². The Hall–Kier alpha value is -0.570. The maximum atomic E-state index is 11.0. The van der Waals surface area contributed by atoms with E-state index in [9.17, 15) is 4.79 Å². The Morgan fingerprint density at radius 2 is 2.17 bits per heavy atom. The molecule has 0 aromatic carbocycles. The number of carbonyl (C=O) groups is 1. The molecule has 0 spiro atoms. The molecule has 0 aliphatic rings. The van der Waals surface area contributed by atoms with Crippen LogP contribution in [0.25, 0.3) is 0 Å². The number of hydrogen-bond donors (Lipinski definition) is 1. The van der Waals surface area contributed by atoms with Crippen LogP contribution in [0.15, 0.2) is 0 Å². The number of ether oxygens (including phenoxy) is 1. The van der Waals surface area contributed by atoms with Gasteiger partial charge in [0.25, 0.3) is 0 Å². The minimum atomic E-state index is -0.173. The Morgan fingerprint density at radius 3 is 2.67 bits per heavy atom. The van der Waals surface area contributed by atoms with Crippen LogP contribution in [0.2, 0.25) is 0 Å². The lowest BCUT2D eigenvalue weighted by Crippen LogP contribution is -2.23. The topological polar surface area (TPSA) is 52.3 Å². The van der Waals surface area contributed by atoms with Crippen molar-refractivity contribution in [1.29, 1.82) is 0 Å². The van der Waals surface area contributed by atoms with Crippen molar-refractivity contribution in [3.63, 3.8) is 0 Å². The van der Waals surface area contributed by atoms with Crippen LogP contribution in [0.1, 0.15) is 33.1 Å². The maximum Gasteiger partial charge on any atom is 0.309 e. The van der Waals surface area contributed by atoms with E-state index in [1.165, 1.54) is 0 Å². The van der Waals surface area contributed by atoms with Crippen molar-refractivity contribution in [2.24, 2.45) is 11.7 Å². The largest absolute Gasteiger partial charge is 0.465 e. The number of unbranched alkanes of at least 4 members (excludes halogenated alkanes) is 2. The summed E-state index contributed by atoms with van der Waals surface area (Å²) in [6.45, 7) is 4.80. The van der Waals surface area contributed by atoms with Crippen molar-refractivity contribution in [3.05, 3.63) is 0 Å². The van der Waals surface area contributed by atoms with Crippen molar-refractivity contribution in [3.8, 4) is 0 Å². The molecule has 72 valence electrons. The molecule has 1 unspecified atom stereocenters. The fourth-order valence-corrected chi connectivity index (χ4v) is 0.763. The number of hydrogen-bond acceptors (Lipinski definition) is 3. The van der Waals surface area contributed by atoms with E-state index >= 15 is 0 Å². The van der Waals surface area contributed by atoms with E-state index in [0.717, 1.165) is 19.3 Å². The minimum absolute atomic E-state index is 0.161. The van der Waals surface area contributed by atoms with Crippen LogP contribution in [0.4, 0.5) is 0 Å². The second kappa shape index (κ2) is 7.10. The first-order valence-corrected chi connectivity index (χ1v) is 4.59. The summed E-state index contributed by atoms with van der Waals surface area (Å²) >= 11 is 0. The molecule has 0 aromatic heterocycles. The van der Waals surface area contributed by atoms with Gasteiger partial charge in [0.1, 0.15) is 0 Å². The van der Waals surface area contributed by atoms with Gasteiger partial charge in [-0.15, -0.1) is 0 Å². The molecule has 0 amide bonds. The van der Waals surface area contributed by atoms with Crippen molar-refractivity contribution >= 4 is 5.97 Å². The molecule has 0 fully saturated rings. The lowest BCUT2D eigenvalue weighted by atomic mass is 10.2. The highest BCUT2D eigenvalue weighted by atomic mass is 16.5. The van der Waals surface area contributed by atoms with Gasteiger partial charge < -0.3 is 10.5 Å². The maximum absolute atomic E-state index is 11.0. The number of nitrogens with two attached hydrogens (primary N) is 1. The molecule has 1 atom stereocenters. The summed E-state index contributed by atoms with van der Waals surface area (Å²) in [6.07, 6.45) is 3.22. The Morgan fingerprint density at radius 1 is 1.50 bits per heavy atom. The van der Waals surface area contributed by atoms with Crippen molar-refractivity contribution in [1.82, 2.24) is 0 Å². The average Bonchev–Trinajstić information content (AvgIpc) is 2.10. The van der Waals surface area contributed by atoms with E-state index in [1.54, 1.807) is 6.92 Å². The zero-order chi connectivity index (χ0) is 9.40. The molecule has 0 saturated heterocycles. The monoisotopic (exact) mass is 173 g/mol. The second-order valence-electron chi connectivity index (χ2n) is 3.01. The van der Waals surface area contributed by atoms with E-state index in [2.05, 4.69) is 6.92 Å². The van der Waals surface area contributed by atoms with Crippen LogP contribution in [0.5, 0.6) is 0 Å². The van der Waals surface area contributed by atoms with Gasteiger partial charge in [-0.25, -0.2) is 0 Å². The van der Waals surface area contributed by atoms with Gasteiger partial charge in [0.2, 0.25) is 0 Å². The molecule has 12 heavy (non-hydrogen) atoms. The minimum Gasteiger partial charge on any atom is -0.465 e. The fraction of sp³-hybridized carbons (Fsp3) is 0.889. The molecule has 2 N–H and O–H groups in total. The van der Waals surface area contributed by atoms with E-state index in [0.29, 0.717) is 13.2 Å². The summed E-state index contributed by atoms with van der Waals surface area (Å²) < 4.78 is 4.98. The Bertz CT molecular complexity index is 126. The van der Waals surface area contributed by atoms with Gasteiger partial charge in [0.15, 0.2) is 0 Å². The molecule has 0 rings (SSSR count). The van der Waals surface area contributed by atoms with Crippen molar-refractivity contribution < 1.29 is 9.53 Å². The van der Waals surface area contributed by atoms with Gasteiger partial charge in [-0.1, -0.05) is 26.7 Å². The number of carbonyl (C=O) groups excluding carboxylic acids is 1. The van der Waals surface area contributed by atoms with Crippen LogP contribution in [-0.4, -0.2) is 19.1 Å². The first kappa shape index (κ1) is 11.4. The first-order valence-electron chi connectivity index (χ1n) is 4.59. The predicted octanol–water partition coefficient (Wildman–Crippen LogP) is 1.31. The molecular formula is C9H19NO2. The number of esters is 1. The molecule has 0 aliphatic heterocycles. The first-order chi connectivity index (χ1) is 5.72. The molecule has 0 aliphatic carbocycles. The van der Waals surface area contributed by atoms with Gasteiger partial charge in [-0.05, 0) is 6.42 Å². The molecule has 3 nitrogen and oxygen atoms in total. The quantitative estimate of drug-likeness (QED) is 0.487. The summed E-state index contributed by atoms with van der Waals surface area (Å²) in [5, 5.41) is 0. The third-order valence-corrected chi connectivity index (χ3v) is 1.75. The molecule has 3 heteroatoms. The van der Waals surface area contributed by atoms with Crippen molar-refractivity contribution in [2.75, 3.05) is 13.2 Å². The van der Waals surface area contributed by atoms with Crippen LogP contribution in [0.3, 0.4) is 0 Å². The fourth-order valence-electron chi connectivity index (χ4n) is 0.763. The van der Waals surface area contributed by atoms with Crippen LogP contribution < -0.4 is 5.73 Å². The lowest BCUT2D eigenvalue weighted by Gasteiger charge is -2.08. The predicted molar refractivity (Wildman–Crippen MR) is 48.7 cm³/mol. The highest BCUT2D eigenvalue weighted by molar-refractivity contribution is 5.72. The molecule has 0 radical (unpaired) electrons. The number of rotatable bonds is 6. The van der Waals surface area contributed by atoms with Crippen LogP contribution >= 0.6 is 0 Å². The highest BCUT2D eigenvalue weighted by Crippen LogP contribution is 1.99. The highest BCUT2D eigenvalue weighted by Gasteiger charge is 2.10. The van der Waals surface area contributed by atoms with E-state index < -0.39 is 0 Å². The van der Waals surface area contributed by atoms with E-state index in [1.807, 2.05) is 0 Å². The van der Waals surface area contributed by atoms with Gasteiger partial charge >= 0.3 is 5.97 Å². The summed E-state index contributed by atoms with van der Waals surface area (Å²) in [6, 6.07) is 0. The molecule has 0 aromatic rings. The third-order valence-electron chi connectivity index (χ3n) is 1.75. The normalized spacial score (nSPS) is 12.6. The SMILES string of the molecule is CCCCCOC(=O)C(C)CN. The summed E-state index contributed by atoms with van der Waals surface area (Å²) in [5.41, 5.74) is 5.30. The summed E-state index contributed by atoms with van der Waals surface area (Å²) in [5.74, 6) is -0.333. The van der Waals surface area contributed by atoms with Gasteiger partial charge in [0, 0.05) is 6.54 Å². The Kier molecular flexibility index (Phi) is 6.76.